The van der Waals surface area contributed by atoms with Crippen LogP contribution in [0.15, 0.2) is 49.6 Å². The molecule has 2 aromatic rings. The Morgan fingerprint density at radius 2 is 2.08 bits per heavy atom. The average Bonchev–Trinajstić information content (AvgIpc) is 3.65. The molecule has 3 aliphatic rings. The van der Waals surface area contributed by atoms with Crippen molar-refractivity contribution in [3.63, 3.8) is 0 Å². The number of aromatic nitrogens is 3. The molecule has 0 saturated carbocycles. The molecule has 1 spiro atoms. The van der Waals surface area contributed by atoms with E-state index in [1.165, 1.54) is 4.90 Å². The lowest BCUT2D eigenvalue weighted by molar-refractivity contribution is -0.156. The van der Waals surface area contributed by atoms with Gasteiger partial charge in [-0.1, -0.05) is 29.5 Å². The van der Waals surface area contributed by atoms with E-state index in [2.05, 4.69) is 23.5 Å². The fourth-order valence-corrected chi connectivity index (χ4v) is 9.11. The summed E-state index contributed by atoms with van der Waals surface area (Å²) in [4.78, 5) is 45.3. The van der Waals surface area contributed by atoms with Crippen LogP contribution in [0.3, 0.4) is 0 Å². The van der Waals surface area contributed by atoms with E-state index in [1.54, 1.807) is 40.4 Å². The van der Waals surface area contributed by atoms with Gasteiger partial charge in [0.15, 0.2) is 0 Å². The van der Waals surface area contributed by atoms with Crippen LogP contribution in [0, 0.1) is 11.8 Å². The molecular weight excluding hydrogens is 530 g/mol. The lowest BCUT2D eigenvalue weighted by Gasteiger charge is -2.38. The van der Waals surface area contributed by atoms with E-state index in [4.69, 9.17) is 4.74 Å². The predicted octanol–water partition coefficient (Wildman–Crippen LogP) is 2.77. The molecule has 3 aliphatic heterocycles. The highest BCUT2D eigenvalue weighted by atomic mass is 32.2. The van der Waals surface area contributed by atoms with Crippen LogP contribution in [-0.2, 0) is 25.8 Å². The Kier molecular flexibility index (Phi) is 7.80. The Bertz CT molecular complexity index is 1330. The minimum Gasteiger partial charge on any atom is -0.465 e. The van der Waals surface area contributed by atoms with E-state index in [1.807, 2.05) is 31.2 Å². The Hall–Kier alpha value is -3.18. The number of aliphatic hydroxyl groups is 1. The van der Waals surface area contributed by atoms with Crippen LogP contribution in [0.4, 0.5) is 0 Å². The van der Waals surface area contributed by atoms with Gasteiger partial charge < -0.3 is 19.6 Å². The van der Waals surface area contributed by atoms with Gasteiger partial charge in [0.25, 0.3) is 0 Å². The van der Waals surface area contributed by atoms with Crippen LogP contribution < -0.4 is 0 Å². The van der Waals surface area contributed by atoms with E-state index in [0.717, 1.165) is 11.9 Å². The van der Waals surface area contributed by atoms with Gasteiger partial charge in [0.1, 0.15) is 18.2 Å². The summed E-state index contributed by atoms with van der Waals surface area (Å²) in [5.74, 6) is -2.29. The number of ether oxygens (including phenoxy) is 1. The van der Waals surface area contributed by atoms with Crippen LogP contribution in [0.2, 0.25) is 0 Å². The molecule has 1 aromatic carbocycles. The number of allylic oxidation sites excluding steroid dienone is 1. The molecule has 6 atom stereocenters. The van der Waals surface area contributed by atoms with Gasteiger partial charge >= 0.3 is 5.97 Å². The number of nitrogens with zero attached hydrogens (tertiary/aromatic N) is 5. The minimum absolute atomic E-state index is 0.120. The summed E-state index contributed by atoms with van der Waals surface area (Å²) in [6, 6.07) is 6.05. The summed E-state index contributed by atoms with van der Waals surface area (Å²) < 4.78 is 6.00. The summed E-state index contributed by atoms with van der Waals surface area (Å²) >= 11 is 1.58. The highest BCUT2D eigenvalue weighted by molar-refractivity contribution is 8.02. The molecule has 1 N–H and O–H groups in total. The quantitative estimate of drug-likeness (QED) is 0.236. The first-order valence-electron chi connectivity index (χ1n) is 13.8. The first-order valence-corrected chi connectivity index (χ1v) is 14.6. The van der Waals surface area contributed by atoms with Crippen LogP contribution in [0.1, 0.15) is 39.5 Å². The topological polar surface area (TPSA) is 118 Å². The molecular formula is C29H37N5O5S. The summed E-state index contributed by atoms with van der Waals surface area (Å²) in [7, 11) is 0. The lowest BCUT2D eigenvalue weighted by atomic mass is 9.66. The van der Waals surface area contributed by atoms with Crippen molar-refractivity contribution < 1.29 is 24.2 Å². The third kappa shape index (κ3) is 4.43. The first-order chi connectivity index (χ1) is 19.2. The smallest absolute Gasteiger partial charge is 0.311 e. The van der Waals surface area contributed by atoms with E-state index < -0.39 is 33.4 Å². The molecule has 0 radical (unpaired) electrons. The number of carbonyl (C=O) groups is 3. The molecule has 40 heavy (non-hydrogen) atoms. The number of likely N-dealkylation sites (tertiary alicyclic amines) is 1. The third-order valence-electron chi connectivity index (χ3n) is 8.62. The van der Waals surface area contributed by atoms with E-state index in [-0.39, 0.29) is 44.2 Å². The van der Waals surface area contributed by atoms with Crippen molar-refractivity contribution in [3.8, 4) is 0 Å². The fourth-order valence-electron chi connectivity index (χ4n) is 6.78. The van der Waals surface area contributed by atoms with E-state index in [9.17, 15) is 19.5 Å². The number of thioether (sulfide) groups is 1. The van der Waals surface area contributed by atoms with Crippen molar-refractivity contribution in [1.29, 1.82) is 0 Å². The summed E-state index contributed by atoms with van der Waals surface area (Å²) in [6.45, 7) is 11.6. The Balaban J connectivity index is 1.50. The Morgan fingerprint density at radius 3 is 2.80 bits per heavy atom. The van der Waals surface area contributed by atoms with Crippen LogP contribution in [-0.4, -0.2) is 89.0 Å². The second-order valence-electron chi connectivity index (χ2n) is 11.2. The molecule has 10 nitrogen and oxygen atoms in total. The van der Waals surface area contributed by atoms with Gasteiger partial charge in [0.2, 0.25) is 11.8 Å². The van der Waals surface area contributed by atoms with Gasteiger partial charge in [-0.25, -0.2) is 4.68 Å². The van der Waals surface area contributed by atoms with Crippen molar-refractivity contribution in [2.24, 2.45) is 11.8 Å². The lowest BCUT2D eigenvalue weighted by Crippen LogP contribution is -2.57. The van der Waals surface area contributed by atoms with Gasteiger partial charge in [-0.3, -0.25) is 14.4 Å². The Morgan fingerprint density at radius 1 is 1.30 bits per heavy atom. The molecule has 3 fully saturated rings. The van der Waals surface area contributed by atoms with Crippen molar-refractivity contribution in [2.45, 2.75) is 67.8 Å². The first kappa shape index (κ1) is 28.4. The molecule has 11 heteroatoms. The summed E-state index contributed by atoms with van der Waals surface area (Å²) in [6.07, 6.45) is 6.12. The maximum absolute atomic E-state index is 14.5. The standard InChI is InChI=1S/C29H37N5O5S/c1-5-7-10-16-39-27(38)23-22-25(36)34(19(3)17-35)24(29(22)14-13-28(23,4)40-29)26(37)32(15-6-2)18-33-21-12-9-8-11-20(21)30-31-33/h5-6,8-9,11-12,19,22-24,35H,1-2,7,10,13-18H2,3-4H3/t19-,22+,23-,24?,28+,29?/m1/s1. The zero-order valence-corrected chi connectivity index (χ0v) is 23.9. The van der Waals surface area contributed by atoms with Gasteiger partial charge in [-0.2, -0.15) is 0 Å². The van der Waals surface area contributed by atoms with Crippen molar-refractivity contribution in [3.05, 3.63) is 49.6 Å². The average molecular weight is 568 g/mol. The number of hydrogen-bond acceptors (Lipinski definition) is 8. The predicted molar refractivity (Wildman–Crippen MR) is 152 cm³/mol. The zero-order valence-electron chi connectivity index (χ0n) is 23.1. The number of fused-ring (bicyclic) bond motifs is 2. The normalized spacial score (nSPS) is 29.4. The molecule has 5 rings (SSSR count). The second kappa shape index (κ2) is 11.0. The molecule has 4 heterocycles. The van der Waals surface area contributed by atoms with Gasteiger partial charge in [0, 0.05) is 11.3 Å². The van der Waals surface area contributed by atoms with E-state index >= 15 is 0 Å². The van der Waals surface area contributed by atoms with Crippen molar-refractivity contribution in [2.75, 3.05) is 19.8 Å². The number of aliphatic hydroxyl groups excluding tert-OH is 1. The number of benzene rings is 1. The summed E-state index contributed by atoms with van der Waals surface area (Å²) in [5, 5.41) is 18.6. The molecule has 2 bridgehead atoms. The number of para-hydroxylation sites is 1. The third-order valence-corrected chi connectivity index (χ3v) is 10.6. The number of hydrogen-bond donors (Lipinski definition) is 1. The highest BCUT2D eigenvalue weighted by Gasteiger charge is 2.78. The monoisotopic (exact) mass is 567 g/mol. The van der Waals surface area contributed by atoms with Gasteiger partial charge in [-0.05, 0) is 51.7 Å². The number of rotatable bonds is 12. The number of unbranched alkanes of at least 4 members (excludes halogenated alkanes) is 1. The molecule has 1 aromatic heterocycles. The number of esters is 1. The largest absolute Gasteiger partial charge is 0.465 e. The molecule has 2 unspecified atom stereocenters. The van der Waals surface area contributed by atoms with Crippen LogP contribution in [0.25, 0.3) is 11.0 Å². The molecule has 214 valence electrons. The van der Waals surface area contributed by atoms with Gasteiger partial charge in [0.05, 0.1) is 41.4 Å². The van der Waals surface area contributed by atoms with Gasteiger partial charge in [-0.15, -0.1) is 30.0 Å². The minimum atomic E-state index is -0.854. The number of amides is 2. The summed E-state index contributed by atoms with van der Waals surface area (Å²) in [5.41, 5.74) is 1.50. The molecule has 2 amide bonds. The SMILES string of the molecule is C=CCCCOC(=O)[C@H]1[C@H]2C(=O)N([C@H](C)CO)C(C(=O)N(CC=C)Cn3nnc4ccccc43)C23CC[C@]1(C)S3. The van der Waals surface area contributed by atoms with E-state index in [0.29, 0.717) is 24.8 Å². The fraction of sp³-hybridized carbons (Fsp3) is 0.552. The van der Waals surface area contributed by atoms with Crippen LogP contribution in [0.5, 0.6) is 0 Å². The zero-order chi connectivity index (χ0) is 28.7. The van der Waals surface area contributed by atoms with Crippen LogP contribution >= 0.6 is 11.8 Å². The maximum atomic E-state index is 14.5. The Labute approximate surface area is 238 Å². The second-order valence-corrected chi connectivity index (χ2v) is 13.1. The van der Waals surface area contributed by atoms with Crippen molar-refractivity contribution in [1.82, 2.24) is 24.8 Å². The number of carbonyl (C=O) groups excluding carboxylic acids is 3. The van der Waals surface area contributed by atoms with Crippen molar-refractivity contribution >= 4 is 40.6 Å². The molecule has 3 saturated heterocycles. The maximum Gasteiger partial charge on any atom is 0.311 e. The highest BCUT2D eigenvalue weighted by Crippen LogP contribution is 2.71. The molecule has 0 aliphatic carbocycles.